The second kappa shape index (κ2) is 4.63. The molecular formula is C13H12ClNO2. The molecule has 0 spiro atoms. The van der Waals surface area contributed by atoms with Crippen molar-refractivity contribution in [3.63, 3.8) is 0 Å². The summed E-state index contributed by atoms with van der Waals surface area (Å²) in [7, 11) is 0. The van der Waals surface area contributed by atoms with Gasteiger partial charge >= 0.3 is 0 Å². The number of hydrogen-bond acceptors (Lipinski definition) is 2. The van der Waals surface area contributed by atoms with Gasteiger partial charge in [0.1, 0.15) is 0 Å². The van der Waals surface area contributed by atoms with E-state index in [-0.39, 0.29) is 16.9 Å². The van der Waals surface area contributed by atoms with Crippen molar-refractivity contribution < 1.29 is 9.21 Å². The maximum Gasteiger partial charge on any atom is 0.291 e. The van der Waals surface area contributed by atoms with Crippen LogP contribution in [0.2, 0.25) is 5.22 Å². The van der Waals surface area contributed by atoms with Gasteiger partial charge in [-0.2, -0.15) is 0 Å². The van der Waals surface area contributed by atoms with E-state index in [4.69, 9.17) is 16.0 Å². The summed E-state index contributed by atoms with van der Waals surface area (Å²) in [6.07, 6.45) is 0. The molecule has 0 saturated carbocycles. The summed E-state index contributed by atoms with van der Waals surface area (Å²) in [5.41, 5.74) is 2.94. The third-order valence-electron chi connectivity index (χ3n) is 2.43. The Kier molecular flexibility index (Phi) is 3.20. The Hall–Kier alpha value is -1.74. The topological polar surface area (TPSA) is 42.2 Å². The minimum absolute atomic E-state index is 0.204. The van der Waals surface area contributed by atoms with Crippen molar-refractivity contribution in [3.8, 4) is 0 Å². The van der Waals surface area contributed by atoms with E-state index in [0.29, 0.717) is 0 Å². The van der Waals surface area contributed by atoms with Crippen LogP contribution in [0, 0.1) is 13.8 Å². The molecule has 88 valence electrons. The molecule has 0 aliphatic carbocycles. The van der Waals surface area contributed by atoms with Crippen molar-refractivity contribution >= 4 is 23.2 Å². The molecular weight excluding hydrogens is 238 g/mol. The van der Waals surface area contributed by atoms with Gasteiger partial charge < -0.3 is 9.73 Å². The molecule has 1 aromatic carbocycles. The minimum Gasteiger partial charge on any atom is -0.440 e. The Balaban J connectivity index is 2.18. The van der Waals surface area contributed by atoms with Gasteiger partial charge in [-0.1, -0.05) is 17.7 Å². The highest BCUT2D eigenvalue weighted by Gasteiger charge is 2.11. The number of furan rings is 1. The van der Waals surface area contributed by atoms with Gasteiger partial charge in [0.25, 0.3) is 5.91 Å². The van der Waals surface area contributed by atoms with E-state index < -0.39 is 0 Å². The van der Waals surface area contributed by atoms with E-state index in [2.05, 4.69) is 5.32 Å². The fraction of sp³-hybridized carbons (Fsp3) is 0.154. The van der Waals surface area contributed by atoms with Crippen molar-refractivity contribution in [1.29, 1.82) is 0 Å². The maximum atomic E-state index is 11.8. The normalized spacial score (nSPS) is 10.3. The van der Waals surface area contributed by atoms with Crippen LogP contribution in [0.4, 0.5) is 5.69 Å². The molecule has 1 aromatic heterocycles. The SMILES string of the molecule is Cc1ccc(NC(=O)c2ccc(Cl)o2)c(C)c1. The van der Waals surface area contributed by atoms with Crippen molar-refractivity contribution in [3.05, 3.63) is 52.4 Å². The fourth-order valence-corrected chi connectivity index (χ4v) is 1.72. The van der Waals surface area contributed by atoms with Crippen LogP contribution in [-0.4, -0.2) is 5.91 Å². The lowest BCUT2D eigenvalue weighted by Gasteiger charge is -2.07. The fourth-order valence-electron chi connectivity index (χ4n) is 1.57. The maximum absolute atomic E-state index is 11.8. The first kappa shape index (κ1) is 11.7. The number of anilines is 1. The molecule has 0 fully saturated rings. The molecule has 1 amide bonds. The number of halogens is 1. The molecule has 4 heteroatoms. The molecule has 2 aromatic rings. The summed E-state index contributed by atoms with van der Waals surface area (Å²) >= 11 is 5.61. The lowest BCUT2D eigenvalue weighted by atomic mass is 10.1. The monoisotopic (exact) mass is 249 g/mol. The standard InChI is InChI=1S/C13H12ClNO2/c1-8-3-4-10(9(2)7-8)15-13(16)11-5-6-12(14)17-11/h3-7H,1-2H3,(H,15,16). The average molecular weight is 250 g/mol. The van der Waals surface area contributed by atoms with Crippen molar-refractivity contribution in [1.82, 2.24) is 0 Å². The molecule has 1 heterocycles. The number of nitrogens with one attached hydrogen (secondary N) is 1. The Morgan fingerprint density at radius 2 is 2.00 bits per heavy atom. The second-order valence-electron chi connectivity index (χ2n) is 3.88. The van der Waals surface area contributed by atoms with Crippen LogP contribution in [0.5, 0.6) is 0 Å². The van der Waals surface area contributed by atoms with Gasteiger partial charge in [0.2, 0.25) is 0 Å². The van der Waals surface area contributed by atoms with Crippen molar-refractivity contribution in [2.45, 2.75) is 13.8 Å². The quantitative estimate of drug-likeness (QED) is 0.880. The molecule has 3 nitrogen and oxygen atoms in total. The van der Waals surface area contributed by atoms with Gasteiger partial charge in [-0.15, -0.1) is 0 Å². The number of benzene rings is 1. The molecule has 0 unspecified atom stereocenters. The molecule has 1 N–H and O–H groups in total. The van der Waals surface area contributed by atoms with E-state index in [0.717, 1.165) is 16.8 Å². The predicted molar refractivity (Wildman–Crippen MR) is 67.6 cm³/mol. The molecule has 0 saturated heterocycles. The Morgan fingerprint density at radius 1 is 1.24 bits per heavy atom. The highest BCUT2D eigenvalue weighted by molar-refractivity contribution is 6.29. The molecule has 0 atom stereocenters. The number of rotatable bonds is 2. The average Bonchev–Trinajstić information content (AvgIpc) is 2.69. The van der Waals surface area contributed by atoms with Crippen LogP contribution in [0.3, 0.4) is 0 Å². The van der Waals surface area contributed by atoms with Gasteiger partial charge in [-0.3, -0.25) is 4.79 Å². The lowest BCUT2D eigenvalue weighted by Crippen LogP contribution is -2.11. The Morgan fingerprint density at radius 3 is 2.59 bits per heavy atom. The predicted octanol–water partition coefficient (Wildman–Crippen LogP) is 3.80. The van der Waals surface area contributed by atoms with Crippen LogP contribution in [0.15, 0.2) is 34.7 Å². The van der Waals surface area contributed by atoms with Crippen LogP contribution in [0.1, 0.15) is 21.7 Å². The first-order valence-corrected chi connectivity index (χ1v) is 5.58. The number of aryl methyl sites for hydroxylation is 2. The molecule has 0 aliphatic heterocycles. The summed E-state index contributed by atoms with van der Waals surface area (Å²) in [4.78, 5) is 11.8. The van der Waals surface area contributed by atoms with Crippen LogP contribution >= 0.6 is 11.6 Å². The van der Waals surface area contributed by atoms with Crippen molar-refractivity contribution in [2.75, 3.05) is 5.32 Å². The number of carbonyl (C=O) groups is 1. The number of carbonyl (C=O) groups excluding carboxylic acids is 1. The third-order valence-corrected chi connectivity index (χ3v) is 2.63. The zero-order chi connectivity index (χ0) is 12.4. The largest absolute Gasteiger partial charge is 0.440 e. The van der Waals surface area contributed by atoms with Gasteiger partial charge in [-0.05, 0) is 49.2 Å². The Bertz CT molecular complexity index is 560. The Labute approximate surface area is 104 Å². The van der Waals surface area contributed by atoms with Gasteiger partial charge in [0.05, 0.1) is 0 Å². The highest BCUT2D eigenvalue weighted by atomic mass is 35.5. The van der Waals surface area contributed by atoms with Crippen LogP contribution in [0.25, 0.3) is 0 Å². The zero-order valence-electron chi connectivity index (χ0n) is 9.58. The van der Waals surface area contributed by atoms with E-state index in [9.17, 15) is 4.79 Å². The summed E-state index contributed by atoms with van der Waals surface area (Å²) in [6.45, 7) is 3.95. The molecule has 0 bridgehead atoms. The summed E-state index contributed by atoms with van der Waals surface area (Å²) in [6, 6.07) is 8.90. The molecule has 2 rings (SSSR count). The van der Waals surface area contributed by atoms with E-state index in [1.165, 1.54) is 0 Å². The molecule has 0 radical (unpaired) electrons. The van der Waals surface area contributed by atoms with E-state index in [1.54, 1.807) is 12.1 Å². The van der Waals surface area contributed by atoms with E-state index in [1.807, 2.05) is 32.0 Å². The van der Waals surface area contributed by atoms with Gasteiger partial charge in [0.15, 0.2) is 11.0 Å². The molecule has 17 heavy (non-hydrogen) atoms. The van der Waals surface area contributed by atoms with E-state index >= 15 is 0 Å². The first-order valence-electron chi connectivity index (χ1n) is 5.20. The number of hydrogen-bond donors (Lipinski definition) is 1. The van der Waals surface area contributed by atoms with Gasteiger partial charge in [-0.25, -0.2) is 0 Å². The van der Waals surface area contributed by atoms with Crippen molar-refractivity contribution in [2.24, 2.45) is 0 Å². The van der Waals surface area contributed by atoms with Gasteiger partial charge in [0, 0.05) is 5.69 Å². The second-order valence-corrected chi connectivity index (χ2v) is 4.25. The zero-order valence-corrected chi connectivity index (χ0v) is 10.3. The minimum atomic E-state index is -0.302. The summed E-state index contributed by atoms with van der Waals surface area (Å²) in [5, 5.41) is 2.98. The van der Waals surface area contributed by atoms with Crippen LogP contribution in [-0.2, 0) is 0 Å². The van der Waals surface area contributed by atoms with Crippen LogP contribution < -0.4 is 5.32 Å². The lowest BCUT2D eigenvalue weighted by molar-refractivity contribution is 0.0996. The highest BCUT2D eigenvalue weighted by Crippen LogP contribution is 2.19. The smallest absolute Gasteiger partial charge is 0.291 e. The molecule has 0 aliphatic rings. The first-order chi connectivity index (χ1) is 8.06. The summed E-state index contributed by atoms with van der Waals surface area (Å²) < 4.78 is 5.03. The third kappa shape index (κ3) is 2.68. The summed E-state index contributed by atoms with van der Waals surface area (Å²) in [5.74, 6) is -0.0983. The number of amides is 1.